The van der Waals surface area contributed by atoms with Crippen LogP contribution in [0.15, 0.2) is 71.5 Å². The van der Waals surface area contributed by atoms with Crippen molar-refractivity contribution in [2.45, 2.75) is 13.5 Å². The number of amides is 1. The van der Waals surface area contributed by atoms with E-state index in [9.17, 15) is 9.59 Å². The highest BCUT2D eigenvalue weighted by atomic mass is 35.5. The standard InChI is InChI=1S/C22H17ClN2O2/c1-14-5-4-6-16(11-14)24-21(26)13-25-19-8-3-2-7-17(19)22(27)18-10-9-15(23)12-20(18)25/h2-12H,13H2,1H3,(H,24,26). The molecule has 4 nitrogen and oxygen atoms in total. The number of carbonyl (C=O) groups is 1. The van der Waals surface area contributed by atoms with Gasteiger partial charge >= 0.3 is 0 Å². The molecule has 1 amide bonds. The number of para-hydroxylation sites is 1. The topological polar surface area (TPSA) is 51.1 Å². The van der Waals surface area contributed by atoms with Crippen molar-refractivity contribution >= 4 is 45.0 Å². The largest absolute Gasteiger partial charge is 0.331 e. The van der Waals surface area contributed by atoms with Crippen molar-refractivity contribution in [2.75, 3.05) is 5.32 Å². The van der Waals surface area contributed by atoms with E-state index in [0.717, 1.165) is 11.3 Å². The van der Waals surface area contributed by atoms with Gasteiger partial charge in [0.05, 0.1) is 11.0 Å². The number of nitrogens with one attached hydrogen (secondary N) is 1. The fraction of sp³-hybridized carbons (Fsp3) is 0.0909. The Bertz CT molecular complexity index is 1240. The maximum Gasteiger partial charge on any atom is 0.244 e. The maximum atomic E-state index is 12.8. The predicted molar refractivity (Wildman–Crippen MR) is 111 cm³/mol. The third-order valence-electron chi connectivity index (χ3n) is 4.54. The van der Waals surface area contributed by atoms with E-state index in [0.29, 0.717) is 26.8 Å². The van der Waals surface area contributed by atoms with Gasteiger partial charge in [0.2, 0.25) is 5.91 Å². The van der Waals surface area contributed by atoms with Crippen LogP contribution in [0.3, 0.4) is 0 Å². The van der Waals surface area contributed by atoms with Crippen LogP contribution < -0.4 is 10.7 Å². The van der Waals surface area contributed by atoms with Gasteiger partial charge in [-0.25, -0.2) is 0 Å². The first-order valence-corrected chi connectivity index (χ1v) is 8.98. The molecule has 0 aliphatic heterocycles. The zero-order valence-corrected chi connectivity index (χ0v) is 15.5. The second kappa shape index (κ2) is 6.89. The summed E-state index contributed by atoms with van der Waals surface area (Å²) in [6, 6.07) is 20.1. The predicted octanol–water partition coefficient (Wildman–Crippen LogP) is 4.76. The molecule has 1 N–H and O–H groups in total. The molecule has 0 aliphatic rings. The lowest BCUT2D eigenvalue weighted by Gasteiger charge is -2.15. The Morgan fingerprint density at radius 2 is 1.74 bits per heavy atom. The molecule has 3 aromatic carbocycles. The van der Waals surface area contributed by atoms with Crippen molar-refractivity contribution in [1.29, 1.82) is 0 Å². The highest BCUT2D eigenvalue weighted by Gasteiger charge is 2.13. The highest BCUT2D eigenvalue weighted by molar-refractivity contribution is 6.31. The molecule has 0 unspecified atom stereocenters. The summed E-state index contributed by atoms with van der Waals surface area (Å²) in [5.74, 6) is -0.171. The number of pyridine rings is 1. The van der Waals surface area contributed by atoms with Gasteiger partial charge in [-0.1, -0.05) is 35.9 Å². The summed E-state index contributed by atoms with van der Waals surface area (Å²) < 4.78 is 1.84. The zero-order valence-electron chi connectivity index (χ0n) is 14.7. The summed E-state index contributed by atoms with van der Waals surface area (Å²) in [7, 11) is 0. The number of benzene rings is 3. The molecule has 0 bridgehead atoms. The zero-order chi connectivity index (χ0) is 19.0. The van der Waals surface area contributed by atoms with Crippen molar-refractivity contribution in [3.05, 3.63) is 87.5 Å². The SMILES string of the molecule is Cc1cccc(NC(=O)Cn2c3ccccc3c(=O)c3ccc(Cl)cc32)c1. The van der Waals surface area contributed by atoms with Gasteiger partial charge < -0.3 is 9.88 Å². The van der Waals surface area contributed by atoms with Gasteiger partial charge in [-0.3, -0.25) is 9.59 Å². The second-order valence-electron chi connectivity index (χ2n) is 6.51. The Hall–Kier alpha value is -3.11. The van der Waals surface area contributed by atoms with Crippen molar-refractivity contribution in [1.82, 2.24) is 4.57 Å². The third-order valence-corrected chi connectivity index (χ3v) is 4.77. The first-order valence-electron chi connectivity index (χ1n) is 8.60. The van der Waals surface area contributed by atoms with Crippen LogP contribution in [0.5, 0.6) is 0 Å². The van der Waals surface area contributed by atoms with Gasteiger partial charge in [-0.05, 0) is 55.0 Å². The van der Waals surface area contributed by atoms with Gasteiger partial charge in [0, 0.05) is 21.5 Å². The maximum absolute atomic E-state index is 12.8. The molecule has 0 aliphatic carbocycles. The van der Waals surface area contributed by atoms with Crippen LogP contribution in [-0.2, 0) is 11.3 Å². The first kappa shape index (κ1) is 17.3. The third kappa shape index (κ3) is 3.32. The Kier molecular flexibility index (Phi) is 4.42. The number of rotatable bonds is 3. The Labute approximate surface area is 161 Å². The number of hydrogen-bond donors (Lipinski definition) is 1. The molecule has 0 saturated carbocycles. The summed E-state index contributed by atoms with van der Waals surface area (Å²) >= 11 is 6.16. The van der Waals surface area contributed by atoms with Crippen LogP contribution in [0.4, 0.5) is 5.69 Å². The van der Waals surface area contributed by atoms with Crippen LogP contribution in [0.2, 0.25) is 5.02 Å². The molecule has 0 fully saturated rings. The quantitative estimate of drug-likeness (QED) is 0.524. The lowest BCUT2D eigenvalue weighted by Crippen LogP contribution is -2.21. The molecule has 134 valence electrons. The van der Waals surface area contributed by atoms with E-state index in [4.69, 9.17) is 11.6 Å². The molecule has 27 heavy (non-hydrogen) atoms. The number of aromatic nitrogens is 1. The van der Waals surface area contributed by atoms with Crippen LogP contribution in [0.25, 0.3) is 21.8 Å². The van der Waals surface area contributed by atoms with Crippen molar-refractivity contribution < 1.29 is 4.79 Å². The van der Waals surface area contributed by atoms with Crippen molar-refractivity contribution in [3.63, 3.8) is 0 Å². The molecule has 5 heteroatoms. The molecule has 0 spiro atoms. The van der Waals surface area contributed by atoms with Crippen LogP contribution >= 0.6 is 11.6 Å². The summed E-state index contributed by atoms with van der Waals surface area (Å²) in [6.07, 6.45) is 0. The summed E-state index contributed by atoms with van der Waals surface area (Å²) in [5.41, 5.74) is 3.10. The molecule has 0 atom stereocenters. The van der Waals surface area contributed by atoms with Crippen molar-refractivity contribution in [2.24, 2.45) is 0 Å². The average Bonchev–Trinajstić information content (AvgIpc) is 2.65. The Morgan fingerprint density at radius 1 is 0.963 bits per heavy atom. The minimum absolute atomic E-state index is 0.0624. The van der Waals surface area contributed by atoms with E-state index in [2.05, 4.69) is 5.32 Å². The monoisotopic (exact) mass is 376 g/mol. The smallest absolute Gasteiger partial charge is 0.244 e. The van der Waals surface area contributed by atoms with Gasteiger partial charge in [0.1, 0.15) is 6.54 Å². The lowest BCUT2D eigenvalue weighted by atomic mass is 10.1. The molecule has 1 aromatic heterocycles. The second-order valence-corrected chi connectivity index (χ2v) is 6.95. The van der Waals surface area contributed by atoms with E-state index >= 15 is 0 Å². The number of anilines is 1. The number of carbonyl (C=O) groups excluding carboxylic acids is 1. The molecular formula is C22H17ClN2O2. The average molecular weight is 377 g/mol. The van der Waals surface area contributed by atoms with E-state index in [-0.39, 0.29) is 17.9 Å². The number of halogens is 1. The van der Waals surface area contributed by atoms with Crippen LogP contribution in [0.1, 0.15) is 5.56 Å². The van der Waals surface area contributed by atoms with Crippen LogP contribution in [0, 0.1) is 6.92 Å². The van der Waals surface area contributed by atoms with Gasteiger partial charge in [-0.15, -0.1) is 0 Å². The minimum atomic E-state index is -0.171. The Morgan fingerprint density at radius 3 is 2.56 bits per heavy atom. The molecule has 1 heterocycles. The molecule has 0 saturated heterocycles. The molecule has 4 aromatic rings. The fourth-order valence-electron chi connectivity index (χ4n) is 3.33. The van der Waals surface area contributed by atoms with E-state index in [1.807, 2.05) is 54.0 Å². The molecule has 0 radical (unpaired) electrons. The van der Waals surface area contributed by atoms with Crippen molar-refractivity contribution in [3.8, 4) is 0 Å². The summed E-state index contributed by atoms with van der Waals surface area (Å²) in [6.45, 7) is 2.05. The number of hydrogen-bond acceptors (Lipinski definition) is 2. The lowest BCUT2D eigenvalue weighted by molar-refractivity contribution is -0.116. The normalized spacial score (nSPS) is 11.0. The molecular weight excluding hydrogens is 360 g/mol. The number of fused-ring (bicyclic) bond motifs is 2. The van der Waals surface area contributed by atoms with E-state index in [1.54, 1.807) is 24.3 Å². The van der Waals surface area contributed by atoms with Crippen LogP contribution in [-0.4, -0.2) is 10.5 Å². The Balaban J connectivity index is 1.84. The van der Waals surface area contributed by atoms with Gasteiger partial charge in [0.25, 0.3) is 0 Å². The molecule has 4 rings (SSSR count). The van der Waals surface area contributed by atoms with E-state index in [1.165, 1.54) is 0 Å². The highest BCUT2D eigenvalue weighted by Crippen LogP contribution is 2.22. The summed E-state index contributed by atoms with van der Waals surface area (Å²) in [4.78, 5) is 25.5. The van der Waals surface area contributed by atoms with Gasteiger partial charge in [0.15, 0.2) is 5.43 Å². The minimum Gasteiger partial charge on any atom is -0.331 e. The summed E-state index contributed by atoms with van der Waals surface area (Å²) in [5, 5.41) is 4.56. The van der Waals surface area contributed by atoms with Gasteiger partial charge in [-0.2, -0.15) is 0 Å². The number of aryl methyl sites for hydroxylation is 1. The number of nitrogens with zero attached hydrogens (tertiary/aromatic N) is 1. The fourth-order valence-corrected chi connectivity index (χ4v) is 3.50. The van der Waals surface area contributed by atoms with E-state index < -0.39 is 0 Å². The first-order chi connectivity index (χ1) is 13.0.